The lowest BCUT2D eigenvalue weighted by molar-refractivity contribution is 0.0948. The summed E-state index contributed by atoms with van der Waals surface area (Å²) in [5, 5.41) is 10.1. The first-order valence-electron chi connectivity index (χ1n) is 10.8. The molecule has 1 aromatic heterocycles. The molecular weight excluding hydrogens is 460 g/mol. The van der Waals surface area contributed by atoms with Gasteiger partial charge in [0, 0.05) is 47.9 Å². The van der Waals surface area contributed by atoms with Crippen LogP contribution in [0.2, 0.25) is 5.02 Å². The number of sulfone groups is 1. The SMILES string of the molecule is C[C@H](/C=C/S(C)(=O)=O)NC(=O)c1ccc(N2CCC[C@H]2c2ccccc2Cl)c2nn(C)cc12. The maximum absolute atomic E-state index is 13.0. The highest BCUT2D eigenvalue weighted by atomic mass is 35.5. The lowest BCUT2D eigenvalue weighted by Crippen LogP contribution is -2.31. The molecule has 0 saturated carbocycles. The van der Waals surface area contributed by atoms with Gasteiger partial charge in [-0.05, 0) is 43.5 Å². The zero-order valence-corrected chi connectivity index (χ0v) is 20.4. The summed E-state index contributed by atoms with van der Waals surface area (Å²) in [7, 11) is -1.43. The van der Waals surface area contributed by atoms with E-state index in [9.17, 15) is 13.2 Å². The largest absolute Gasteiger partial charge is 0.363 e. The number of fused-ring (bicyclic) bond motifs is 1. The number of nitrogens with zero attached hydrogens (tertiary/aromatic N) is 3. The molecular formula is C24H27ClN4O3S. The third-order valence-corrected chi connectivity index (χ3v) is 6.81. The number of carbonyl (C=O) groups excluding carboxylic acids is 1. The van der Waals surface area contributed by atoms with E-state index in [1.54, 1.807) is 11.6 Å². The molecule has 33 heavy (non-hydrogen) atoms. The van der Waals surface area contributed by atoms with Crippen molar-refractivity contribution in [2.75, 3.05) is 17.7 Å². The Balaban J connectivity index is 1.68. The minimum atomic E-state index is -3.26. The second kappa shape index (κ2) is 9.19. The molecule has 1 aliphatic rings. The van der Waals surface area contributed by atoms with Crippen molar-refractivity contribution in [1.82, 2.24) is 15.1 Å². The van der Waals surface area contributed by atoms with Crippen LogP contribution in [0.3, 0.4) is 0 Å². The van der Waals surface area contributed by atoms with Crippen molar-refractivity contribution < 1.29 is 13.2 Å². The van der Waals surface area contributed by atoms with Crippen LogP contribution in [-0.4, -0.2) is 42.9 Å². The Hall–Kier alpha value is -2.84. The molecule has 7 nitrogen and oxygen atoms in total. The molecule has 1 aliphatic heterocycles. The summed E-state index contributed by atoms with van der Waals surface area (Å²) in [5.74, 6) is -0.283. The number of halogens is 1. The average molecular weight is 487 g/mol. The predicted octanol–water partition coefficient (Wildman–Crippen LogP) is 4.24. The molecule has 0 radical (unpaired) electrons. The van der Waals surface area contributed by atoms with Crippen LogP contribution in [0.5, 0.6) is 0 Å². The number of carbonyl (C=O) groups is 1. The third-order valence-electron chi connectivity index (χ3n) is 5.81. The van der Waals surface area contributed by atoms with Crippen molar-refractivity contribution in [3.8, 4) is 0 Å². The molecule has 1 N–H and O–H groups in total. The van der Waals surface area contributed by atoms with E-state index < -0.39 is 15.9 Å². The quantitative estimate of drug-likeness (QED) is 0.563. The van der Waals surface area contributed by atoms with E-state index in [0.717, 1.165) is 58.2 Å². The lowest BCUT2D eigenvalue weighted by atomic mass is 10.0. The molecule has 0 bridgehead atoms. The van der Waals surface area contributed by atoms with E-state index in [0.29, 0.717) is 5.56 Å². The van der Waals surface area contributed by atoms with Gasteiger partial charge in [-0.3, -0.25) is 9.48 Å². The van der Waals surface area contributed by atoms with Gasteiger partial charge in [-0.15, -0.1) is 0 Å². The molecule has 3 aromatic rings. The second-order valence-corrected chi connectivity index (χ2v) is 10.8. The van der Waals surface area contributed by atoms with Crippen LogP contribution in [0, 0.1) is 0 Å². The van der Waals surface area contributed by atoms with Gasteiger partial charge < -0.3 is 10.2 Å². The summed E-state index contributed by atoms with van der Waals surface area (Å²) in [6.45, 7) is 2.60. The standard InChI is InChI=1S/C24H27ClN4O3S/c1-16(12-14-33(3,31)32)26-24(30)17-10-11-22(23-19(17)15-28(2)27-23)29-13-6-9-21(29)18-7-4-5-8-20(18)25/h4-5,7-8,10-12,14-16,21H,6,9,13H2,1-3H3,(H,26,30)/b14-12+/t16-,21+/m1/s1. The van der Waals surface area contributed by atoms with Crippen molar-refractivity contribution in [3.63, 3.8) is 0 Å². The van der Waals surface area contributed by atoms with Gasteiger partial charge in [0.05, 0.1) is 17.3 Å². The van der Waals surface area contributed by atoms with E-state index in [1.165, 1.54) is 6.08 Å². The Morgan fingerprint density at radius 3 is 2.76 bits per heavy atom. The van der Waals surface area contributed by atoms with Crippen molar-refractivity contribution in [2.24, 2.45) is 7.05 Å². The molecule has 2 heterocycles. The van der Waals surface area contributed by atoms with Crippen molar-refractivity contribution in [2.45, 2.75) is 31.8 Å². The number of rotatable bonds is 6. The fourth-order valence-corrected chi connectivity index (χ4v) is 5.14. The number of nitrogens with one attached hydrogen (secondary N) is 1. The molecule has 2 atom stereocenters. The molecule has 1 amide bonds. The summed E-state index contributed by atoms with van der Waals surface area (Å²) in [5.41, 5.74) is 3.31. The topological polar surface area (TPSA) is 84.3 Å². The monoisotopic (exact) mass is 486 g/mol. The zero-order valence-electron chi connectivity index (χ0n) is 18.8. The van der Waals surface area contributed by atoms with Gasteiger partial charge in [0.2, 0.25) is 0 Å². The molecule has 0 aliphatic carbocycles. The Labute approximate surface area is 198 Å². The first-order valence-corrected chi connectivity index (χ1v) is 13.1. The van der Waals surface area contributed by atoms with Crippen LogP contribution in [0.15, 0.2) is 54.1 Å². The first kappa shape index (κ1) is 23.3. The number of hydrogen-bond acceptors (Lipinski definition) is 5. The van der Waals surface area contributed by atoms with E-state index in [1.807, 2.05) is 43.6 Å². The number of aromatic nitrogens is 2. The Kier molecular flexibility index (Phi) is 6.50. The number of hydrogen-bond donors (Lipinski definition) is 1. The van der Waals surface area contributed by atoms with E-state index >= 15 is 0 Å². The van der Waals surface area contributed by atoms with Crippen LogP contribution in [-0.2, 0) is 16.9 Å². The predicted molar refractivity (Wildman–Crippen MR) is 132 cm³/mol. The molecule has 1 fully saturated rings. The number of benzene rings is 2. The van der Waals surface area contributed by atoms with Crippen molar-refractivity contribution >= 4 is 43.9 Å². The fraction of sp³-hybridized carbons (Fsp3) is 0.333. The highest BCUT2D eigenvalue weighted by Gasteiger charge is 2.30. The lowest BCUT2D eigenvalue weighted by Gasteiger charge is -2.28. The normalized spacial score (nSPS) is 17.7. The molecule has 9 heteroatoms. The summed E-state index contributed by atoms with van der Waals surface area (Å²) in [6, 6.07) is 11.4. The smallest absolute Gasteiger partial charge is 0.252 e. The number of aryl methyl sites for hydroxylation is 1. The van der Waals surface area contributed by atoms with Gasteiger partial charge in [0.15, 0.2) is 9.84 Å². The molecule has 4 rings (SSSR count). The van der Waals surface area contributed by atoms with Gasteiger partial charge in [-0.2, -0.15) is 5.10 Å². The van der Waals surface area contributed by atoms with Crippen LogP contribution < -0.4 is 10.2 Å². The van der Waals surface area contributed by atoms with Crippen LogP contribution >= 0.6 is 11.6 Å². The molecule has 2 aromatic carbocycles. The Morgan fingerprint density at radius 1 is 1.27 bits per heavy atom. The van der Waals surface area contributed by atoms with Crippen molar-refractivity contribution in [1.29, 1.82) is 0 Å². The maximum Gasteiger partial charge on any atom is 0.252 e. The minimum Gasteiger partial charge on any atom is -0.363 e. The Bertz CT molecular complexity index is 1330. The van der Waals surface area contributed by atoms with E-state index in [4.69, 9.17) is 11.6 Å². The first-order chi connectivity index (χ1) is 15.6. The zero-order chi connectivity index (χ0) is 23.8. The van der Waals surface area contributed by atoms with Crippen LogP contribution in [0.1, 0.15) is 41.7 Å². The fourth-order valence-electron chi connectivity index (χ4n) is 4.35. The molecule has 0 unspecified atom stereocenters. The summed E-state index contributed by atoms with van der Waals surface area (Å²) in [4.78, 5) is 15.3. The molecule has 1 saturated heterocycles. The summed E-state index contributed by atoms with van der Waals surface area (Å²) in [6.07, 6.45) is 6.44. The highest BCUT2D eigenvalue weighted by molar-refractivity contribution is 7.93. The minimum absolute atomic E-state index is 0.143. The maximum atomic E-state index is 13.0. The van der Waals surface area contributed by atoms with Crippen LogP contribution in [0.4, 0.5) is 5.69 Å². The van der Waals surface area contributed by atoms with Gasteiger partial charge in [0.1, 0.15) is 5.52 Å². The van der Waals surface area contributed by atoms with Crippen molar-refractivity contribution in [3.05, 3.63) is 70.2 Å². The summed E-state index contributed by atoms with van der Waals surface area (Å²) < 4.78 is 24.4. The Morgan fingerprint density at radius 2 is 2.03 bits per heavy atom. The molecule has 0 spiro atoms. The van der Waals surface area contributed by atoms with E-state index in [2.05, 4.69) is 21.4 Å². The van der Waals surface area contributed by atoms with Gasteiger partial charge >= 0.3 is 0 Å². The van der Waals surface area contributed by atoms with Gasteiger partial charge in [0.25, 0.3) is 5.91 Å². The third kappa shape index (κ3) is 5.07. The number of amides is 1. The number of anilines is 1. The average Bonchev–Trinajstić information content (AvgIpc) is 3.37. The van der Waals surface area contributed by atoms with Crippen LogP contribution in [0.25, 0.3) is 10.9 Å². The van der Waals surface area contributed by atoms with E-state index in [-0.39, 0.29) is 11.9 Å². The van der Waals surface area contributed by atoms with Gasteiger partial charge in [-0.1, -0.05) is 35.9 Å². The highest BCUT2D eigenvalue weighted by Crippen LogP contribution is 2.41. The molecule has 174 valence electrons. The van der Waals surface area contributed by atoms with Gasteiger partial charge in [-0.25, -0.2) is 8.42 Å². The summed E-state index contributed by atoms with van der Waals surface area (Å²) >= 11 is 6.51. The second-order valence-electron chi connectivity index (χ2n) is 8.49.